The summed E-state index contributed by atoms with van der Waals surface area (Å²) in [6.45, 7) is 0. The molecule has 0 heterocycles. The molecule has 0 saturated heterocycles. The summed E-state index contributed by atoms with van der Waals surface area (Å²) in [7, 11) is 3.07. The Morgan fingerprint density at radius 1 is 0.947 bits per heavy atom. The second-order valence-corrected chi connectivity index (χ2v) is 4.07. The third-order valence-electron chi connectivity index (χ3n) is 2.89. The zero-order valence-electron chi connectivity index (χ0n) is 10.8. The van der Waals surface area contributed by atoms with Gasteiger partial charge in [0.05, 0.1) is 14.2 Å². The van der Waals surface area contributed by atoms with Crippen LogP contribution in [0.15, 0.2) is 42.5 Å². The van der Waals surface area contributed by atoms with Crippen LogP contribution in [0.5, 0.6) is 11.5 Å². The maximum atomic E-state index is 13.2. The van der Waals surface area contributed by atoms with E-state index in [0.717, 1.165) is 0 Å². The summed E-state index contributed by atoms with van der Waals surface area (Å²) in [5.41, 5.74) is 1.11. The van der Waals surface area contributed by atoms with Gasteiger partial charge in [0.25, 0.3) is 0 Å². The van der Waals surface area contributed by atoms with E-state index in [0.29, 0.717) is 22.6 Å². The molecule has 0 aromatic heterocycles. The van der Waals surface area contributed by atoms with Crippen LogP contribution < -0.4 is 9.47 Å². The van der Waals surface area contributed by atoms with Crippen LogP contribution in [0.3, 0.4) is 0 Å². The Morgan fingerprint density at radius 3 is 2.26 bits per heavy atom. The molecule has 3 nitrogen and oxygen atoms in total. The molecule has 0 aliphatic carbocycles. The summed E-state index contributed by atoms with van der Waals surface area (Å²) in [4.78, 5) is 0. The topological polar surface area (TPSA) is 38.7 Å². The van der Waals surface area contributed by atoms with Crippen LogP contribution >= 0.6 is 0 Å². The Bertz CT molecular complexity index is 569. The first-order chi connectivity index (χ1) is 9.15. The van der Waals surface area contributed by atoms with Crippen molar-refractivity contribution in [1.29, 1.82) is 0 Å². The average Bonchev–Trinajstić information content (AvgIpc) is 2.45. The molecule has 1 N–H and O–H groups in total. The molecule has 2 rings (SSSR count). The Hall–Kier alpha value is -2.07. The SMILES string of the molecule is COc1ccc([C@@H](O)c2cccc(F)c2)cc1OC. The van der Waals surface area contributed by atoms with Crippen molar-refractivity contribution >= 4 is 0 Å². The number of rotatable bonds is 4. The predicted molar refractivity (Wildman–Crippen MR) is 70.0 cm³/mol. The van der Waals surface area contributed by atoms with Crippen LogP contribution in [0, 0.1) is 5.82 Å². The third-order valence-corrected chi connectivity index (χ3v) is 2.89. The summed E-state index contributed by atoms with van der Waals surface area (Å²) in [5, 5.41) is 10.2. The minimum absolute atomic E-state index is 0.378. The van der Waals surface area contributed by atoms with Gasteiger partial charge >= 0.3 is 0 Å². The third kappa shape index (κ3) is 2.85. The van der Waals surface area contributed by atoms with Crippen molar-refractivity contribution in [2.75, 3.05) is 14.2 Å². The monoisotopic (exact) mass is 262 g/mol. The first-order valence-electron chi connectivity index (χ1n) is 5.81. The molecule has 0 aliphatic rings. The lowest BCUT2D eigenvalue weighted by Gasteiger charge is -2.14. The lowest BCUT2D eigenvalue weighted by Crippen LogP contribution is -2.01. The van der Waals surface area contributed by atoms with Gasteiger partial charge in [-0.1, -0.05) is 18.2 Å². The maximum absolute atomic E-state index is 13.2. The fourth-order valence-corrected chi connectivity index (χ4v) is 1.89. The lowest BCUT2D eigenvalue weighted by molar-refractivity contribution is 0.219. The number of aliphatic hydroxyl groups excluding tert-OH is 1. The molecule has 2 aromatic rings. The number of aliphatic hydroxyl groups is 1. The van der Waals surface area contributed by atoms with Crippen molar-refractivity contribution in [2.24, 2.45) is 0 Å². The van der Waals surface area contributed by atoms with Crippen molar-refractivity contribution in [3.05, 3.63) is 59.4 Å². The minimum atomic E-state index is -0.907. The molecule has 19 heavy (non-hydrogen) atoms. The summed E-state index contributed by atoms with van der Waals surface area (Å²) >= 11 is 0. The number of benzene rings is 2. The van der Waals surface area contributed by atoms with Gasteiger partial charge in [-0.15, -0.1) is 0 Å². The predicted octanol–water partition coefficient (Wildman–Crippen LogP) is 2.92. The van der Waals surface area contributed by atoms with Gasteiger partial charge in [-0.3, -0.25) is 0 Å². The molecule has 0 amide bonds. The number of methoxy groups -OCH3 is 2. The first-order valence-corrected chi connectivity index (χ1v) is 5.81. The van der Waals surface area contributed by atoms with E-state index in [2.05, 4.69) is 0 Å². The smallest absolute Gasteiger partial charge is 0.161 e. The molecular weight excluding hydrogens is 247 g/mol. The van der Waals surface area contributed by atoms with Gasteiger partial charge in [0.2, 0.25) is 0 Å². The largest absolute Gasteiger partial charge is 0.493 e. The Labute approximate surface area is 111 Å². The van der Waals surface area contributed by atoms with E-state index < -0.39 is 6.10 Å². The highest BCUT2D eigenvalue weighted by atomic mass is 19.1. The van der Waals surface area contributed by atoms with Crippen LogP contribution in [0.2, 0.25) is 0 Å². The molecule has 2 aromatic carbocycles. The number of halogens is 1. The van der Waals surface area contributed by atoms with E-state index in [1.165, 1.54) is 19.2 Å². The molecule has 1 atom stereocenters. The molecule has 0 fully saturated rings. The van der Waals surface area contributed by atoms with Crippen LogP contribution in [-0.2, 0) is 0 Å². The van der Waals surface area contributed by atoms with E-state index >= 15 is 0 Å². The zero-order chi connectivity index (χ0) is 13.8. The van der Waals surface area contributed by atoms with Gasteiger partial charge in [0.1, 0.15) is 11.9 Å². The standard InChI is InChI=1S/C15H15FO3/c1-18-13-7-6-11(9-14(13)19-2)15(17)10-4-3-5-12(16)8-10/h3-9,15,17H,1-2H3/t15-/m0/s1. The molecule has 0 unspecified atom stereocenters. The van der Waals surface area contributed by atoms with Gasteiger partial charge in [0, 0.05) is 0 Å². The molecule has 4 heteroatoms. The summed E-state index contributed by atoms with van der Waals surface area (Å²) in [6.07, 6.45) is -0.907. The Kier molecular flexibility index (Phi) is 4.02. The number of ether oxygens (including phenoxy) is 2. The molecule has 0 radical (unpaired) electrons. The minimum Gasteiger partial charge on any atom is -0.493 e. The molecule has 100 valence electrons. The second-order valence-electron chi connectivity index (χ2n) is 4.07. The molecule has 0 bridgehead atoms. The van der Waals surface area contributed by atoms with E-state index in [-0.39, 0.29) is 5.82 Å². The van der Waals surface area contributed by atoms with Gasteiger partial charge in [0.15, 0.2) is 11.5 Å². The average molecular weight is 262 g/mol. The number of hydrogen-bond acceptors (Lipinski definition) is 3. The van der Waals surface area contributed by atoms with Crippen molar-refractivity contribution in [3.63, 3.8) is 0 Å². The first kappa shape index (κ1) is 13.4. The molecule has 0 aliphatic heterocycles. The van der Waals surface area contributed by atoms with Crippen molar-refractivity contribution < 1.29 is 19.0 Å². The van der Waals surface area contributed by atoms with Gasteiger partial charge in [-0.25, -0.2) is 4.39 Å². The lowest BCUT2D eigenvalue weighted by atomic mass is 10.0. The van der Waals surface area contributed by atoms with Crippen LogP contribution in [0.1, 0.15) is 17.2 Å². The quantitative estimate of drug-likeness (QED) is 0.920. The van der Waals surface area contributed by atoms with Crippen LogP contribution in [0.25, 0.3) is 0 Å². The highest BCUT2D eigenvalue weighted by Gasteiger charge is 2.14. The summed E-state index contributed by atoms with van der Waals surface area (Å²) in [5.74, 6) is 0.727. The van der Waals surface area contributed by atoms with Crippen LogP contribution in [0.4, 0.5) is 4.39 Å². The zero-order valence-corrected chi connectivity index (χ0v) is 10.8. The summed E-state index contributed by atoms with van der Waals surface area (Å²) in [6, 6.07) is 11.0. The Balaban J connectivity index is 2.36. The second kappa shape index (κ2) is 5.71. The van der Waals surface area contributed by atoms with Crippen molar-refractivity contribution in [2.45, 2.75) is 6.10 Å². The molecular formula is C15H15FO3. The van der Waals surface area contributed by atoms with E-state index in [4.69, 9.17) is 9.47 Å². The van der Waals surface area contributed by atoms with E-state index in [1.54, 1.807) is 37.4 Å². The molecule has 0 spiro atoms. The van der Waals surface area contributed by atoms with Crippen LogP contribution in [-0.4, -0.2) is 19.3 Å². The number of hydrogen-bond donors (Lipinski definition) is 1. The highest BCUT2D eigenvalue weighted by molar-refractivity contribution is 5.45. The molecule has 0 saturated carbocycles. The van der Waals surface area contributed by atoms with E-state index in [9.17, 15) is 9.50 Å². The van der Waals surface area contributed by atoms with Crippen molar-refractivity contribution in [1.82, 2.24) is 0 Å². The van der Waals surface area contributed by atoms with E-state index in [1.807, 2.05) is 0 Å². The van der Waals surface area contributed by atoms with Gasteiger partial charge in [-0.05, 0) is 35.4 Å². The fourth-order valence-electron chi connectivity index (χ4n) is 1.89. The van der Waals surface area contributed by atoms with Gasteiger partial charge < -0.3 is 14.6 Å². The van der Waals surface area contributed by atoms with Crippen molar-refractivity contribution in [3.8, 4) is 11.5 Å². The van der Waals surface area contributed by atoms with Gasteiger partial charge in [-0.2, -0.15) is 0 Å². The fraction of sp³-hybridized carbons (Fsp3) is 0.200. The Morgan fingerprint density at radius 2 is 1.63 bits per heavy atom. The normalized spacial score (nSPS) is 12.0. The highest BCUT2D eigenvalue weighted by Crippen LogP contribution is 2.32. The maximum Gasteiger partial charge on any atom is 0.161 e. The summed E-state index contributed by atoms with van der Waals surface area (Å²) < 4.78 is 23.5.